The van der Waals surface area contributed by atoms with Crippen molar-refractivity contribution in [3.63, 3.8) is 0 Å². The van der Waals surface area contributed by atoms with Gasteiger partial charge in [-0.05, 0) is 18.9 Å². The molecular formula is C17H18N4O2. The molecule has 23 heavy (non-hydrogen) atoms. The summed E-state index contributed by atoms with van der Waals surface area (Å²) in [6.07, 6.45) is 7.84. The van der Waals surface area contributed by atoms with E-state index in [2.05, 4.69) is 15.4 Å². The second-order valence-corrected chi connectivity index (χ2v) is 6.22. The van der Waals surface area contributed by atoms with Crippen molar-refractivity contribution < 1.29 is 9.59 Å². The summed E-state index contributed by atoms with van der Waals surface area (Å²) in [4.78, 5) is 27.9. The van der Waals surface area contributed by atoms with Gasteiger partial charge < -0.3 is 10.3 Å². The van der Waals surface area contributed by atoms with Crippen LogP contribution in [0, 0.1) is 0 Å². The minimum Gasteiger partial charge on any atom is -0.361 e. The normalized spacial score (nSPS) is 20.8. The zero-order chi connectivity index (χ0) is 15.9. The van der Waals surface area contributed by atoms with E-state index in [0.29, 0.717) is 12.8 Å². The van der Waals surface area contributed by atoms with Crippen LogP contribution in [0.1, 0.15) is 37.7 Å². The summed E-state index contributed by atoms with van der Waals surface area (Å²) in [5, 5.41) is 9.00. The van der Waals surface area contributed by atoms with E-state index in [0.717, 1.165) is 40.7 Å². The zero-order valence-corrected chi connectivity index (χ0v) is 12.7. The molecule has 0 radical (unpaired) electrons. The fourth-order valence-corrected chi connectivity index (χ4v) is 3.53. The first-order valence-electron chi connectivity index (χ1n) is 7.96. The zero-order valence-electron chi connectivity index (χ0n) is 12.7. The Morgan fingerprint density at radius 2 is 1.91 bits per heavy atom. The number of hydrogen-bond donors (Lipinski definition) is 2. The third-order valence-electron chi connectivity index (χ3n) is 4.78. The number of aromatic nitrogens is 1. The van der Waals surface area contributed by atoms with Crippen LogP contribution < -0.4 is 5.32 Å². The predicted octanol–water partition coefficient (Wildman–Crippen LogP) is 2.76. The SMILES string of the molecule is O=C1NC2(CCCCC2)C(=O)N1/N=C/c1c[nH]c2ccccc12. The smallest absolute Gasteiger partial charge is 0.346 e. The molecule has 6 nitrogen and oxygen atoms in total. The lowest BCUT2D eigenvalue weighted by atomic mass is 9.82. The maximum absolute atomic E-state index is 12.6. The van der Waals surface area contributed by atoms with E-state index in [9.17, 15) is 9.59 Å². The van der Waals surface area contributed by atoms with Gasteiger partial charge in [0.15, 0.2) is 0 Å². The summed E-state index contributed by atoms with van der Waals surface area (Å²) in [5.74, 6) is -0.224. The second-order valence-electron chi connectivity index (χ2n) is 6.22. The van der Waals surface area contributed by atoms with E-state index in [-0.39, 0.29) is 5.91 Å². The van der Waals surface area contributed by atoms with E-state index in [1.165, 1.54) is 0 Å². The summed E-state index contributed by atoms with van der Waals surface area (Å²) in [6.45, 7) is 0. The average Bonchev–Trinajstić information content (AvgIpc) is 3.07. The maximum Gasteiger partial charge on any atom is 0.346 e. The van der Waals surface area contributed by atoms with Gasteiger partial charge in [-0.2, -0.15) is 5.10 Å². The lowest BCUT2D eigenvalue weighted by Gasteiger charge is -2.29. The van der Waals surface area contributed by atoms with Crippen molar-refractivity contribution in [2.75, 3.05) is 0 Å². The number of benzene rings is 1. The van der Waals surface area contributed by atoms with Crippen molar-refractivity contribution in [3.8, 4) is 0 Å². The van der Waals surface area contributed by atoms with Gasteiger partial charge in [0.1, 0.15) is 5.54 Å². The minimum absolute atomic E-state index is 0.224. The van der Waals surface area contributed by atoms with Gasteiger partial charge in [0.05, 0.1) is 6.21 Å². The van der Waals surface area contributed by atoms with Crippen molar-refractivity contribution in [3.05, 3.63) is 36.0 Å². The number of H-pyrrole nitrogens is 1. The molecule has 1 aromatic heterocycles. The molecule has 2 fully saturated rings. The van der Waals surface area contributed by atoms with E-state index in [4.69, 9.17) is 0 Å². The summed E-state index contributed by atoms with van der Waals surface area (Å²) in [6, 6.07) is 7.41. The molecule has 0 atom stereocenters. The molecule has 1 aromatic carbocycles. The van der Waals surface area contributed by atoms with E-state index in [1.807, 2.05) is 30.5 Å². The number of amides is 3. The van der Waals surface area contributed by atoms with E-state index < -0.39 is 11.6 Å². The van der Waals surface area contributed by atoms with Crippen LogP contribution in [0.4, 0.5) is 4.79 Å². The molecule has 2 aliphatic rings. The van der Waals surface area contributed by atoms with Gasteiger partial charge in [0, 0.05) is 22.7 Å². The Morgan fingerprint density at radius 3 is 2.74 bits per heavy atom. The highest BCUT2D eigenvalue weighted by molar-refractivity contribution is 6.08. The highest BCUT2D eigenvalue weighted by atomic mass is 16.2. The van der Waals surface area contributed by atoms with Gasteiger partial charge in [-0.3, -0.25) is 4.79 Å². The van der Waals surface area contributed by atoms with Crippen LogP contribution in [0.25, 0.3) is 10.9 Å². The molecule has 1 aliphatic carbocycles. The Balaban J connectivity index is 1.61. The first-order valence-corrected chi connectivity index (χ1v) is 7.96. The molecule has 6 heteroatoms. The first-order chi connectivity index (χ1) is 11.2. The molecule has 2 heterocycles. The lowest BCUT2D eigenvalue weighted by molar-refractivity contribution is -0.132. The number of nitrogens with one attached hydrogen (secondary N) is 2. The molecule has 0 unspecified atom stereocenters. The fourth-order valence-electron chi connectivity index (χ4n) is 3.53. The molecule has 2 aromatic rings. The van der Waals surface area contributed by atoms with Crippen LogP contribution in [0.5, 0.6) is 0 Å². The summed E-state index contributed by atoms with van der Waals surface area (Å²) in [5.41, 5.74) is 1.12. The van der Waals surface area contributed by atoms with Crippen molar-refractivity contribution in [1.82, 2.24) is 15.3 Å². The number of hydrogen-bond acceptors (Lipinski definition) is 3. The Hall–Kier alpha value is -2.63. The topological polar surface area (TPSA) is 77.6 Å². The third kappa shape index (κ3) is 2.21. The number of carbonyl (C=O) groups excluding carboxylic acids is 2. The van der Waals surface area contributed by atoms with Gasteiger partial charge in [-0.15, -0.1) is 5.01 Å². The van der Waals surface area contributed by atoms with Crippen LogP contribution in [-0.4, -0.2) is 33.7 Å². The number of para-hydroxylation sites is 1. The Labute approximate surface area is 133 Å². The molecule has 1 saturated heterocycles. The van der Waals surface area contributed by atoms with Crippen LogP contribution >= 0.6 is 0 Å². The predicted molar refractivity (Wildman–Crippen MR) is 87.1 cm³/mol. The lowest BCUT2D eigenvalue weighted by Crippen LogP contribution is -2.48. The number of hydrazone groups is 1. The van der Waals surface area contributed by atoms with Crippen LogP contribution in [-0.2, 0) is 4.79 Å². The molecule has 3 amide bonds. The first kappa shape index (κ1) is 14.0. The van der Waals surface area contributed by atoms with E-state index >= 15 is 0 Å². The van der Waals surface area contributed by atoms with Gasteiger partial charge >= 0.3 is 6.03 Å². The third-order valence-corrected chi connectivity index (χ3v) is 4.78. The Kier molecular flexibility index (Phi) is 3.18. The molecule has 118 valence electrons. The standard InChI is InChI=1S/C17H18N4O2/c22-15-17(8-4-1-5-9-17)20-16(23)21(15)19-11-12-10-18-14-7-3-2-6-13(12)14/h2-3,6-7,10-11,18H,1,4-5,8-9H2,(H,20,23)/b19-11+. The summed E-state index contributed by atoms with van der Waals surface area (Å²) < 4.78 is 0. The van der Waals surface area contributed by atoms with Crippen molar-refractivity contribution in [2.45, 2.75) is 37.6 Å². The molecule has 1 aliphatic heterocycles. The van der Waals surface area contributed by atoms with Gasteiger partial charge in [-0.1, -0.05) is 37.5 Å². The number of carbonyl (C=O) groups is 2. The van der Waals surface area contributed by atoms with Crippen molar-refractivity contribution >= 4 is 29.1 Å². The summed E-state index contributed by atoms with van der Waals surface area (Å²) in [7, 11) is 0. The molecule has 4 rings (SSSR count). The molecule has 1 spiro atoms. The van der Waals surface area contributed by atoms with Gasteiger partial charge in [0.25, 0.3) is 5.91 Å². The molecule has 2 N–H and O–H groups in total. The minimum atomic E-state index is -0.729. The van der Waals surface area contributed by atoms with E-state index in [1.54, 1.807) is 6.21 Å². The number of aromatic amines is 1. The van der Waals surface area contributed by atoms with Gasteiger partial charge in [0.2, 0.25) is 0 Å². The number of fused-ring (bicyclic) bond motifs is 1. The molecule has 1 saturated carbocycles. The fraction of sp³-hybridized carbons (Fsp3) is 0.353. The highest BCUT2D eigenvalue weighted by Crippen LogP contribution is 2.33. The molecule has 0 bridgehead atoms. The highest BCUT2D eigenvalue weighted by Gasteiger charge is 2.51. The van der Waals surface area contributed by atoms with Crippen LogP contribution in [0.2, 0.25) is 0 Å². The maximum atomic E-state index is 12.6. The number of rotatable bonds is 2. The van der Waals surface area contributed by atoms with Gasteiger partial charge in [-0.25, -0.2) is 4.79 Å². The number of nitrogens with zero attached hydrogens (tertiary/aromatic N) is 2. The number of imide groups is 1. The quantitative estimate of drug-likeness (QED) is 0.661. The Morgan fingerprint density at radius 1 is 1.13 bits per heavy atom. The summed E-state index contributed by atoms with van der Waals surface area (Å²) >= 11 is 0. The Bertz CT molecular complexity index is 802. The second kappa shape index (κ2) is 5.22. The molecular weight excluding hydrogens is 292 g/mol. The average molecular weight is 310 g/mol. The van der Waals surface area contributed by atoms with Crippen molar-refractivity contribution in [1.29, 1.82) is 0 Å². The van der Waals surface area contributed by atoms with Crippen LogP contribution in [0.3, 0.4) is 0 Å². The number of urea groups is 1. The van der Waals surface area contributed by atoms with Crippen LogP contribution in [0.15, 0.2) is 35.6 Å². The largest absolute Gasteiger partial charge is 0.361 e. The monoisotopic (exact) mass is 310 g/mol. The van der Waals surface area contributed by atoms with Crippen molar-refractivity contribution in [2.24, 2.45) is 5.10 Å².